The van der Waals surface area contributed by atoms with E-state index in [9.17, 15) is 0 Å². The predicted octanol–water partition coefficient (Wildman–Crippen LogP) is 3.36. The Labute approximate surface area is 109 Å². The molecule has 0 atom stereocenters. The molecule has 2 aromatic rings. The molecule has 0 radical (unpaired) electrons. The van der Waals surface area contributed by atoms with Gasteiger partial charge in [0.1, 0.15) is 5.82 Å². The van der Waals surface area contributed by atoms with Crippen LogP contribution in [0.2, 0.25) is 0 Å². The fourth-order valence-electron chi connectivity index (χ4n) is 2.27. The molecule has 1 N–H and O–H groups in total. The molecule has 0 amide bonds. The first kappa shape index (κ1) is 13.1. The van der Waals surface area contributed by atoms with Gasteiger partial charge in [-0.15, -0.1) is 0 Å². The van der Waals surface area contributed by atoms with Crippen LogP contribution in [0.25, 0.3) is 11.0 Å². The molecule has 98 valence electrons. The van der Waals surface area contributed by atoms with Crippen molar-refractivity contribution in [1.29, 1.82) is 0 Å². The van der Waals surface area contributed by atoms with E-state index in [0.29, 0.717) is 12.0 Å². The van der Waals surface area contributed by atoms with Crippen molar-refractivity contribution >= 4 is 11.0 Å². The molecule has 0 aliphatic rings. The number of nitrogens with one attached hydrogen (secondary N) is 1. The molecular weight excluding hydrogens is 222 g/mol. The number of aromatic nitrogens is 2. The van der Waals surface area contributed by atoms with E-state index in [0.717, 1.165) is 24.4 Å². The molecule has 0 aliphatic heterocycles. The van der Waals surface area contributed by atoms with Gasteiger partial charge in [-0.3, -0.25) is 0 Å². The van der Waals surface area contributed by atoms with Crippen LogP contribution in [-0.2, 0) is 6.54 Å². The Kier molecular flexibility index (Phi) is 4.02. The molecule has 3 nitrogen and oxygen atoms in total. The van der Waals surface area contributed by atoms with Gasteiger partial charge in [0, 0.05) is 6.04 Å². The first-order valence-corrected chi connectivity index (χ1v) is 6.76. The van der Waals surface area contributed by atoms with Gasteiger partial charge in [0.2, 0.25) is 0 Å². The predicted molar refractivity (Wildman–Crippen MR) is 76.7 cm³/mol. The van der Waals surface area contributed by atoms with Crippen LogP contribution in [-0.4, -0.2) is 16.1 Å². The molecule has 1 aromatic carbocycles. The van der Waals surface area contributed by atoms with Crippen molar-refractivity contribution in [3.05, 3.63) is 30.1 Å². The zero-order chi connectivity index (χ0) is 13.1. The molecule has 1 heterocycles. The summed E-state index contributed by atoms with van der Waals surface area (Å²) in [5.74, 6) is 1.80. The standard InChI is InChI=1S/C15H23N3/c1-11(2)9-16-10-15-17-13-7-5-6-8-14(13)18(15)12(3)4/h5-8,11-12,16H,9-10H2,1-4H3. The summed E-state index contributed by atoms with van der Waals surface area (Å²) in [6, 6.07) is 8.79. The maximum absolute atomic E-state index is 4.73. The van der Waals surface area contributed by atoms with Gasteiger partial charge in [-0.1, -0.05) is 26.0 Å². The van der Waals surface area contributed by atoms with E-state index in [1.807, 2.05) is 6.07 Å². The van der Waals surface area contributed by atoms with Crippen LogP contribution in [0, 0.1) is 5.92 Å². The van der Waals surface area contributed by atoms with Gasteiger partial charge in [0.25, 0.3) is 0 Å². The minimum absolute atomic E-state index is 0.438. The van der Waals surface area contributed by atoms with Crippen LogP contribution in [0.3, 0.4) is 0 Å². The van der Waals surface area contributed by atoms with Crippen molar-refractivity contribution in [2.24, 2.45) is 5.92 Å². The third kappa shape index (κ3) is 2.72. The second-order valence-corrected chi connectivity index (χ2v) is 5.51. The van der Waals surface area contributed by atoms with Gasteiger partial charge in [-0.25, -0.2) is 4.98 Å². The maximum atomic E-state index is 4.73. The van der Waals surface area contributed by atoms with Gasteiger partial charge in [-0.2, -0.15) is 0 Å². The highest BCUT2D eigenvalue weighted by Crippen LogP contribution is 2.20. The van der Waals surface area contributed by atoms with E-state index < -0.39 is 0 Å². The molecule has 0 fully saturated rings. The minimum Gasteiger partial charge on any atom is -0.324 e. The number of para-hydroxylation sites is 2. The van der Waals surface area contributed by atoms with Crippen molar-refractivity contribution in [3.63, 3.8) is 0 Å². The molecule has 0 aliphatic carbocycles. The summed E-state index contributed by atoms with van der Waals surface area (Å²) in [7, 11) is 0. The first-order valence-electron chi connectivity index (χ1n) is 6.76. The van der Waals surface area contributed by atoms with Crippen LogP contribution in [0.4, 0.5) is 0 Å². The fourth-order valence-corrected chi connectivity index (χ4v) is 2.27. The van der Waals surface area contributed by atoms with E-state index in [1.165, 1.54) is 5.52 Å². The summed E-state index contributed by atoms with van der Waals surface area (Å²) < 4.78 is 2.32. The van der Waals surface area contributed by atoms with Gasteiger partial charge in [0.15, 0.2) is 0 Å². The first-order chi connectivity index (χ1) is 8.59. The second-order valence-electron chi connectivity index (χ2n) is 5.51. The molecule has 18 heavy (non-hydrogen) atoms. The largest absolute Gasteiger partial charge is 0.324 e. The Hall–Kier alpha value is -1.35. The Balaban J connectivity index is 2.28. The number of fused-ring (bicyclic) bond motifs is 1. The molecule has 0 unspecified atom stereocenters. The molecular formula is C15H23N3. The zero-order valence-electron chi connectivity index (χ0n) is 11.8. The minimum atomic E-state index is 0.438. The van der Waals surface area contributed by atoms with Crippen LogP contribution < -0.4 is 5.32 Å². The van der Waals surface area contributed by atoms with Crippen molar-refractivity contribution in [1.82, 2.24) is 14.9 Å². The van der Waals surface area contributed by atoms with Gasteiger partial charge in [-0.05, 0) is 38.4 Å². The molecule has 3 heteroatoms. The summed E-state index contributed by atoms with van der Waals surface area (Å²) in [4.78, 5) is 4.73. The Morgan fingerprint density at radius 1 is 1.17 bits per heavy atom. The normalized spacial score (nSPS) is 11.9. The number of rotatable bonds is 5. The Bertz CT molecular complexity index is 511. The molecule has 0 bridgehead atoms. The zero-order valence-corrected chi connectivity index (χ0v) is 11.8. The lowest BCUT2D eigenvalue weighted by Crippen LogP contribution is -2.22. The monoisotopic (exact) mass is 245 g/mol. The van der Waals surface area contributed by atoms with Crippen LogP contribution in [0.5, 0.6) is 0 Å². The number of nitrogens with zero attached hydrogens (tertiary/aromatic N) is 2. The summed E-state index contributed by atoms with van der Waals surface area (Å²) >= 11 is 0. The number of benzene rings is 1. The van der Waals surface area contributed by atoms with E-state index in [1.54, 1.807) is 0 Å². The number of hydrogen-bond donors (Lipinski definition) is 1. The topological polar surface area (TPSA) is 29.9 Å². The molecule has 1 aromatic heterocycles. The molecule has 0 spiro atoms. The van der Waals surface area contributed by atoms with Gasteiger partial charge >= 0.3 is 0 Å². The summed E-state index contributed by atoms with van der Waals surface area (Å²) in [6.45, 7) is 10.7. The highest BCUT2D eigenvalue weighted by atomic mass is 15.1. The fraction of sp³-hybridized carbons (Fsp3) is 0.533. The average Bonchev–Trinajstić information content (AvgIpc) is 2.66. The molecule has 0 saturated heterocycles. The molecule has 0 saturated carbocycles. The summed E-state index contributed by atoms with van der Waals surface area (Å²) in [5, 5.41) is 3.47. The third-order valence-electron chi connectivity index (χ3n) is 3.02. The Morgan fingerprint density at radius 3 is 2.56 bits per heavy atom. The number of hydrogen-bond acceptors (Lipinski definition) is 2. The third-order valence-corrected chi connectivity index (χ3v) is 3.02. The summed E-state index contributed by atoms with van der Waals surface area (Å²) in [5.41, 5.74) is 2.32. The Morgan fingerprint density at radius 2 is 1.89 bits per heavy atom. The SMILES string of the molecule is CC(C)CNCc1nc2ccccc2n1C(C)C. The highest BCUT2D eigenvalue weighted by Gasteiger charge is 2.12. The van der Waals surface area contributed by atoms with Crippen molar-refractivity contribution in [3.8, 4) is 0 Å². The summed E-state index contributed by atoms with van der Waals surface area (Å²) in [6.07, 6.45) is 0. The van der Waals surface area contributed by atoms with Crippen LogP contribution >= 0.6 is 0 Å². The quantitative estimate of drug-likeness (QED) is 0.875. The van der Waals surface area contributed by atoms with Gasteiger partial charge < -0.3 is 9.88 Å². The lowest BCUT2D eigenvalue weighted by atomic mass is 10.2. The maximum Gasteiger partial charge on any atom is 0.124 e. The number of imidazole rings is 1. The lowest BCUT2D eigenvalue weighted by Gasteiger charge is -2.14. The van der Waals surface area contributed by atoms with E-state index in [2.05, 4.69) is 55.8 Å². The van der Waals surface area contributed by atoms with E-state index in [-0.39, 0.29) is 0 Å². The highest BCUT2D eigenvalue weighted by molar-refractivity contribution is 5.76. The van der Waals surface area contributed by atoms with Crippen molar-refractivity contribution in [2.45, 2.75) is 40.3 Å². The van der Waals surface area contributed by atoms with Crippen molar-refractivity contribution < 1.29 is 0 Å². The second kappa shape index (κ2) is 5.53. The van der Waals surface area contributed by atoms with Crippen molar-refractivity contribution in [2.75, 3.05) is 6.54 Å². The molecule has 2 rings (SSSR count). The van der Waals surface area contributed by atoms with E-state index in [4.69, 9.17) is 4.98 Å². The smallest absolute Gasteiger partial charge is 0.124 e. The van der Waals surface area contributed by atoms with Gasteiger partial charge in [0.05, 0.1) is 17.6 Å². The van der Waals surface area contributed by atoms with E-state index >= 15 is 0 Å². The van der Waals surface area contributed by atoms with Crippen LogP contribution in [0.15, 0.2) is 24.3 Å². The van der Waals surface area contributed by atoms with Crippen LogP contribution in [0.1, 0.15) is 39.6 Å². The average molecular weight is 245 g/mol. The lowest BCUT2D eigenvalue weighted by molar-refractivity contribution is 0.514.